The second kappa shape index (κ2) is 4.78. The molecule has 0 fully saturated rings. The van der Waals surface area contributed by atoms with Crippen molar-refractivity contribution in [3.05, 3.63) is 21.9 Å². The predicted molar refractivity (Wildman–Crippen MR) is 49.9 cm³/mol. The van der Waals surface area contributed by atoms with E-state index < -0.39 is 4.92 Å². The molecule has 0 radical (unpaired) electrons. The molecule has 0 aliphatic rings. The highest BCUT2D eigenvalue weighted by Crippen LogP contribution is 2.09. The number of nitro groups is 1. The minimum atomic E-state index is -0.501. The number of halogens is 1. The molecule has 0 spiro atoms. The molecule has 0 saturated heterocycles. The Labute approximate surface area is 81.5 Å². The standard InChI is InChI=1S/C6H10N4O2.ClH/c1-7-4-5-3-6(10(11)12)8-9(5)2;/h3,7H,4H2,1-2H3;1H. The maximum atomic E-state index is 10.3. The van der Waals surface area contributed by atoms with Gasteiger partial charge in [-0.15, -0.1) is 12.4 Å². The summed E-state index contributed by atoms with van der Waals surface area (Å²) in [6.07, 6.45) is 0. The van der Waals surface area contributed by atoms with Crippen molar-refractivity contribution < 1.29 is 4.92 Å². The van der Waals surface area contributed by atoms with Crippen molar-refractivity contribution in [1.82, 2.24) is 15.1 Å². The fourth-order valence-electron chi connectivity index (χ4n) is 0.925. The van der Waals surface area contributed by atoms with Crippen LogP contribution >= 0.6 is 12.4 Å². The molecule has 0 saturated carbocycles. The van der Waals surface area contributed by atoms with Crippen LogP contribution in [0.25, 0.3) is 0 Å². The molecule has 1 heterocycles. The van der Waals surface area contributed by atoms with Gasteiger partial charge in [0.05, 0.1) is 23.9 Å². The van der Waals surface area contributed by atoms with Gasteiger partial charge in [0, 0.05) is 6.54 Å². The summed E-state index contributed by atoms with van der Waals surface area (Å²) >= 11 is 0. The van der Waals surface area contributed by atoms with Crippen LogP contribution in [0.5, 0.6) is 0 Å². The fourth-order valence-corrected chi connectivity index (χ4v) is 0.925. The van der Waals surface area contributed by atoms with Gasteiger partial charge in [-0.3, -0.25) is 0 Å². The van der Waals surface area contributed by atoms with Crippen molar-refractivity contribution in [2.45, 2.75) is 6.54 Å². The molecule has 0 bridgehead atoms. The molecule has 13 heavy (non-hydrogen) atoms. The molecule has 0 aliphatic heterocycles. The Hall–Kier alpha value is -1.14. The summed E-state index contributed by atoms with van der Waals surface area (Å²) < 4.78 is 1.49. The van der Waals surface area contributed by atoms with Gasteiger partial charge in [-0.1, -0.05) is 0 Å². The highest BCUT2D eigenvalue weighted by molar-refractivity contribution is 5.85. The summed E-state index contributed by atoms with van der Waals surface area (Å²) in [4.78, 5) is 9.78. The molecular weight excluding hydrogens is 196 g/mol. The summed E-state index contributed by atoms with van der Waals surface area (Å²) in [5.74, 6) is -0.109. The van der Waals surface area contributed by atoms with Crippen molar-refractivity contribution in [3.63, 3.8) is 0 Å². The maximum absolute atomic E-state index is 10.3. The molecule has 0 aromatic carbocycles. The van der Waals surface area contributed by atoms with E-state index in [0.29, 0.717) is 6.54 Å². The van der Waals surface area contributed by atoms with Crippen LogP contribution in [0, 0.1) is 10.1 Å². The highest BCUT2D eigenvalue weighted by atomic mass is 35.5. The first-order chi connectivity index (χ1) is 5.65. The van der Waals surface area contributed by atoms with E-state index in [1.165, 1.54) is 10.7 Å². The van der Waals surface area contributed by atoms with Crippen LogP contribution in [0.1, 0.15) is 5.69 Å². The number of aryl methyl sites for hydroxylation is 1. The van der Waals surface area contributed by atoms with Gasteiger partial charge < -0.3 is 15.4 Å². The minimum Gasteiger partial charge on any atom is -0.358 e. The smallest absolute Gasteiger partial charge is 0.358 e. The zero-order valence-corrected chi connectivity index (χ0v) is 8.17. The van der Waals surface area contributed by atoms with Gasteiger partial charge in [0.1, 0.15) is 0 Å². The van der Waals surface area contributed by atoms with Crippen LogP contribution < -0.4 is 5.32 Å². The van der Waals surface area contributed by atoms with Crippen LogP contribution in [0.4, 0.5) is 5.82 Å². The van der Waals surface area contributed by atoms with E-state index in [1.54, 1.807) is 14.1 Å². The van der Waals surface area contributed by atoms with Crippen LogP contribution in [0.15, 0.2) is 6.07 Å². The zero-order chi connectivity index (χ0) is 9.14. The van der Waals surface area contributed by atoms with Crippen molar-refractivity contribution in [1.29, 1.82) is 0 Å². The number of nitrogens with zero attached hydrogens (tertiary/aromatic N) is 3. The Bertz CT molecular complexity index is 299. The molecule has 1 aromatic heterocycles. The SMILES string of the molecule is CNCc1cc([N+](=O)[O-])nn1C.Cl. The Kier molecular flexibility index (Phi) is 4.36. The summed E-state index contributed by atoms with van der Waals surface area (Å²) in [7, 11) is 3.46. The van der Waals surface area contributed by atoms with Crippen molar-refractivity contribution >= 4 is 18.2 Å². The molecule has 1 rings (SSSR count). The first-order valence-corrected chi connectivity index (χ1v) is 3.47. The maximum Gasteiger partial charge on any atom is 0.390 e. The van der Waals surface area contributed by atoms with Crippen LogP contribution in [-0.2, 0) is 13.6 Å². The molecule has 0 unspecified atom stereocenters. The lowest BCUT2D eigenvalue weighted by Crippen LogP contribution is -2.09. The molecule has 0 aliphatic carbocycles. The third-order valence-corrected chi connectivity index (χ3v) is 1.51. The van der Waals surface area contributed by atoms with E-state index in [2.05, 4.69) is 10.4 Å². The summed E-state index contributed by atoms with van der Waals surface area (Å²) in [6, 6.07) is 1.45. The molecule has 1 aromatic rings. The minimum absolute atomic E-state index is 0. The normalized spacial score (nSPS) is 9.38. The third kappa shape index (κ3) is 2.67. The van der Waals surface area contributed by atoms with Crippen molar-refractivity contribution in [2.24, 2.45) is 7.05 Å². The first kappa shape index (κ1) is 11.9. The molecule has 0 atom stereocenters. The van der Waals surface area contributed by atoms with Gasteiger partial charge in [-0.05, 0) is 12.0 Å². The Balaban J connectivity index is 0.00000144. The lowest BCUT2D eigenvalue weighted by atomic mass is 10.4. The van der Waals surface area contributed by atoms with Gasteiger partial charge in [0.15, 0.2) is 0 Å². The van der Waals surface area contributed by atoms with Gasteiger partial charge >= 0.3 is 5.82 Å². The van der Waals surface area contributed by atoms with E-state index in [-0.39, 0.29) is 18.2 Å². The first-order valence-electron chi connectivity index (χ1n) is 3.47. The Morgan fingerprint density at radius 2 is 2.38 bits per heavy atom. The van der Waals surface area contributed by atoms with Crippen LogP contribution in [-0.4, -0.2) is 21.8 Å². The second-order valence-electron chi connectivity index (χ2n) is 2.40. The zero-order valence-electron chi connectivity index (χ0n) is 7.35. The van der Waals surface area contributed by atoms with E-state index in [0.717, 1.165) is 5.69 Å². The summed E-state index contributed by atoms with van der Waals surface area (Å²) in [5, 5.41) is 16.9. The number of nitrogens with one attached hydrogen (secondary N) is 1. The lowest BCUT2D eigenvalue weighted by molar-refractivity contribution is -0.389. The van der Waals surface area contributed by atoms with Gasteiger partial charge in [-0.25, -0.2) is 0 Å². The number of hydrogen-bond donors (Lipinski definition) is 1. The number of aromatic nitrogens is 2. The average molecular weight is 207 g/mol. The monoisotopic (exact) mass is 206 g/mol. The van der Waals surface area contributed by atoms with E-state index >= 15 is 0 Å². The van der Waals surface area contributed by atoms with Crippen molar-refractivity contribution in [2.75, 3.05) is 7.05 Å². The summed E-state index contributed by atoms with van der Waals surface area (Å²) in [6.45, 7) is 0.581. The number of hydrogen-bond acceptors (Lipinski definition) is 4. The van der Waals surface area contributed by atoms with E-state index in [9.17, 15) is 10.1 Å². The van der Waals surface area contributed by atoms with Gasteiger partial charge in [-0.2, -0.15) is 4.68 Å². The molecule has 7 heteroatoms. The second-order valence-corrected chi connectivity index (χ2v) is 2.40. The van der Waals surface area contributed by atoms with E-state index in [1.807, 2.05) is 0 Å². The quantitative estimate of drug-likeness (QED) is 0.576. The topological polar surface area (TPSA) is 73.0 Å². The van der Waals surface area contributed by atoms with E-state index in [4.69, 9.17) is 0 Å². The molecule has 0 amide bonds. The highest BCUT2D eigenvalue weighted by Gasteiger charge is 2.14. The largest absolute Gasteiger partial charge is 0.390 e. The third-order valence-electron chi connectivity index (χ3n) is 1.51. The number of rotatable bonds is 3. The Morgan fingerprint density at radius 1 is 1.77 bits per heavy atom. The summed E-state index contributed by atoms with van der Waals surface area (Å²) in [5.41, 5.74) is 0.796. The predicted octanol–water partition coefficient (Wildman–Crippen LogP) is 0.469. The lowest BCUT2D eigenvalue weighted by Gasteiger charge is -1.93. The molecular formula is C6H11ClN4O2. The van der Waals surface area contributed by atoms with Crippen molar-refractivity contribution in [3.8, 4) is 0 Å². The van der Waals surface area contributed by atoms with Crippen LogP contribution in [0.3, 0.4) is 0 Å². The van der Waals surface area contributed by atoms with Crippen LogP contribution in [0.2, 0.25) is 0 Å². The molecule has 74 valence electrons. The Morgan fingerprint density at radius 3 is 2.77 bits per heavy atom. The fraction of sp³-hybridized carbons (Fsp3) is 0.500. The average Bonchev–Trinajstić information content (AvgIpc) is 2.34. The van der Waals surface area contributed by atoms with Gasteiger partial charge in [0.25, 0.3) is 0 Å². The molecule has 6 nitrogen and oxygen atoms in total. The molecule has 1 N–H and O–H groups in total. The van der Waals surface area contributed by atoms with Gasteiger partial charge in [0.2, 0.25) is 0 Å².